The van der Waals surface area contributed by atoms with Crippen LogP contribution in [-0.2, 0) is 4.79 Å². The fourth-order valence-electron chi connectivity index (χ4n) is 2.32. The third kappa shape index (κ3) is 4.70. The summed E-state index contributed by atoms with van der Waals surface area (Å²) >= 11 is 0. The summed E-state index contributed by atoms with van der Waals surface area (Å²) < 4.78 is 24.7. The molecule has 0 unspecified atom stereocenters. The van der Waals surface area contributed by atoms with Gasteiger partial charge in [0.1, 0.15) is 30.0 Å². The van der Waals surface area contributed by atoms with Crippen molar-refractivity contribution in [3.63, 3.8) is 0 Å². The van der Waals surface area contributed by atoms with Crippen LogP contribution >= 0.6 is 0 Å². The van der Waals surface area contributed by atoms with Crippen LogP contribution < -0.4 is 14.8 Å². The highest BCUT2D eigenvalue weighted by atomic mass is 19.1. The van der Waals surface area contributed by atoms with E-state index in [0.717, 1.165) is 19.4 Å². The van der Waals surface area contributed by atoms with Gasteiger partial charge in [-0.2, -0.15) is 0 Å². The van der Waals surface area contributed by atoms with E-state index in [-0.39, 0.29) is 24.4 Å². The Labute approximate surface area is 131 Å². The fraction of sp³-hybridized carbons (Fsp3) is 0.588. The van der Waals surface area contributed by atoms with Gasteiger partial charge in [-0.15, -0.1) is 0 Å². The first kappa shape index (κ1) is 16.7. The number of ether oxygens (including phenoxy) is 2. The molecule has 0 bridgehead atoms. The van der Waals surface area contributed by atoms with Gasteiger partial charge in [0.25, 0.3) is 0 Å². The van der Waals surface area contributed by atoms with Crippen molar-refractivity contribution in [1.29, 1.82) is 0 Å². The number of benzene rings is 1. The molecule has 122 valence electrons. The van der Waals surface area contributed by atoms with Crippen LogP contribution in [0.25, 0.3) is 0 Å². The SMILES string of the molecule is CCNC1CC(Oc2cc(F)cc(OCC(=O)C(C)C)c2)C1. The maximum absolute atomic E-state index is 13.6. The molecule has 1 saturated carbocycles. The van der Waals surface area contributed by atoms with Crippen LogP contribution in [0.4, 0.5) is 4.39 Å². The monoisotopic (exact) mass is 309 g/mol. The van der Waals surface area contributed by atoms with Crippen LogP contribution in [0.5, 0.6) is 11.5 Å². The molecule has 5 heteroatoms. The van der Waals surface area contributed by atoms with Gasteiger partial charge in [-0.25, -0.2) is 4.39 Å². The van der Waals surface area contributed by atoms with E-state index in [1.165, 1.54) is 12.1 Å². The topological polar surface area (TPSA) is 47.6 Å². The van der Waals surface area contributed by atoms with Crippen molar-refractivity contribution in [3.05, 3.63) is 24.0 Å². The van der Waals surface area contributed by atoms with Crippen molar-refractivity contribution in [2.45, 2.75) is 45.8 Å². The van der Waals surface area contributed by atoms with E-state index >= 15 is 0 Å². The van der Waals surface area contributed by atoms with E-state index in [9.17, 15) is 9.18 Å². The quantitative estimate of drug-likeness (QED) is 0.802. The lowest BCUT2D eigenvalue weighted by atomic mass is 9.89. The summed E-state index contributed by atoms with van der Waals surface area (Å²) in [4.78, 5) is 11.6. The molecule has 2 rings (SSSR count). The Morgan fingerprint density at radius 3 is 2.64 bits per heavy atom. The van der Waals surface area contributed by atoms with Gasteiger partial charge in [-0.3, -0.25) is 4.79 Å². The molecular weight excluding hydrogens is 285 g/mol. The highest BCUT2D eigenvalue weighted by Crippen LogP contribution is 2.29. The predicted molar refractivity (Wildman–Crippen MR) is 82.9 cm³/mol. The van der Waals surface area contributed by atoms with Crippen molar-refractivity contribution in [2.24, 2.45) is 5.92 Å². The van der Waals surface area contributed by atoms with E-state index in [2.05, 4.69) is 12.2 Å². The maximum Gasteiger partial charge on any atom is 0.172 e. The number of carbonyl (C=O) groups is 1. The van der Waals surface area contributed by atoms with Gasteiger partial charge in [-0.1, -0.05) is 20.8 Å². The molecule has 1 fully saturated rings. The highest BCUT2D eigenvalue weighted by Gasteiger charge is 2.30. The molecule has 0 heterocycles. The van der Waals surface area contributed by atoms with Crippen LogP contribution in [0.2, 0.25) is 0 Å². The summed E-state index contributed by atoms with van der Waals surface area (Å²) in [5.74, 6) is 0.243. The normalized spacial score (nSPS) is 20.6. The average molecular weight is 309 g/mol. The molecule has 1 aromatic carbocycles. The number of Topliss-reactive ketones (excluding diaryl/α,β-unsaturated/α-hetero) is 1. The van der Waals surface area contributed by atoms with Crippen LogP contribution in [0.1, 0.15) is 33.6 Å². The van der Waals surface area contributed by atoms with Crippen LogP contribution in [0.3, 0.4) is 0 Å². The number of rotatable bonds is 8. The lowest BCUT2D eigenvalue weighted by Gasteiger charge is -2.35. The molecule has 0 radical (unpaired) electrons. The molecule has 0 spiro atoms. The summed E-state index contributed by atoms with van der Waals surface area (Å²) in [6, 6.07) is 4.74. The third-order valence-electron chi connectivity index (χ3n) is 3.76. The van der Waals surface area contributed by atoms with Gasteiger partial charge < -0.3 is 14.8 Å². The van der Waals surface area contributed by atoms with Crippen molar-refractivity contribution in [3.8, 4) is 11.5 Å². The average Bonchev–Trinajstić information content (AvgIpc) is 2.42. The zero-order valence-corrected chi connectivity index (χ0v) is 13.4. The third-order valence-corrected chi connectivity index (χ3v) is 3.76. The fourth-order valence-corrected chi connectivity index (χ4v) is 2.32. The lowest BCUT2D eigenvalue weighted by molar-refractivity contribution is -0.123. The molecule has 0 aliphatic heterocycles. The molecule has 1 aliphatic rings. The summed E-state index contributed by atoms with van der Waals surface area (Å²) in [5, 5.41) is 3.35. The number of nitrogens with one attached hydrogen (secondary N) is 1. The lowest BCUT2D eigenvalue weighted by Crippen LogP contribution is -2.46. The number of hydrogen-bond donors (Lipinski definition) is 1. The van der Waals surface area contributed by atoms with E-state index in [0.29, 0.717) is 17.5 Å². The molecule has 0 amide bonds. The molecule has 0 saturated heterocycles. The van der Waals surface area contributed by atoms with Gasteiger partial charge in [0, 0.05) is 30.2 Å². The van der Waals surface area contributed by atoms with E-state index in [1.807, 2.05) is 13.8 Å². The minimum Gasteiger partial charge on any atom is -0.490 e. The second kappa shape index (κ2) is 7.58. The smallest absolute Gasteiger partial charge is 0.172 e. The first-order valence-corrected chi connectivity index (χ1v) is 7.84. The zero-order valence-electron chi connectivity index (χ0n) is 13.4. The zero-order chi connectivity index (χ0) is 16.1. The number of carbonyl (C=O) groups excluding carboxylic acids is 1. The molecule has 0 atom stereocenters. The molecule has 1 N–H and O–H groups in total. The number of ketones is 1. The Hall–Kier alpha value is -1.62. The second-order valence-corrected chi connectivity index (χ2v) is 6.00. The van der Waals surface area contributed by atoms with Gasteiger partial charge >= 0.3 is 0 Å². The largest absolute Gasteiger partial charge is 0.490 e. The Kier molecular flexibility index (Phi) is 5.77. The molecule has 1 aliphatic carbocycles. The van der Waals surface area contributed by atoms with Crippen LogP contribution in [0, 0.1) is 11.7 Å². The van der Waals surface area contributed by atoms with E-state index in [4.69, 9.17) is 9.47 Å². The minimum absolute atomic E-state index is 0.0146. The van der Waals surface area contributed by atoms with Gasteiger partial charge in [-0.05, 0) is 19.4 Å². The van der Waals surface area contributed by atoms with E-state index in [1.54, 1.807) is 6.07 Å². The molecule has 0 aromatic heterocycles. The first-order chi connectivity index (χ1) is 10.5. The van der Waals surface area contributed by atoms with Gasteiger partial charge in [0.15, 0.2) is 5.78 Å². The minimum atomic E-state index is -0.424. The van der Waals surface area contributed by atoms with Crippen molar-refractivity contribution in [2.75, 3.05) is 13.2 Å². The number of halogens is 1. The summed E-state index contributed by atoms with van der Waals surface area (Å²) in [6.07, 6.45) is 1.95. The maximum atomic E-state index is 13.6. The Morgan fingerprint density at radius 1 is 1.32 bits per heavy atom. The second-order valence-electron chi connectivity index (χ2n) is 6.00. The Balaban J connectivity index is 1.89. The van der Waals surface area contributed by atoms with Crippen LogP contribution in [0.15, 0.2) is 18.2 Å². The number of hydrogen-bond acceptors (Lipinski definition) is 4. The van der Waals surface area contributed by atoms with Crippen molar-refractivity contribution in [1.82, 2.24) is 5.32 Å². The highest BCUT2D eigenvalue weighted by molar-refractivity contribution is 5.81. The molecule has 22 heavy (non-hydrogen) atoms. The Bertz CT molecular complexity index is 513. The van der Waals surface area contributed by atoms with Gasteiger partial charge in [0.2, 0.25) is 0 Å². The van der Waals surface area contributed by atoms with E-state index < -0.39 is 5.82 Å². The molecule has 4 nitrogen and oxygen atoms in total. The molecule has 1 aromatic rings. The van der Waals surface area contributed by atoms with Crippen LogP contribution in [-0.4, -0.2) is 31.1 Å². The summed E-state index contributed by atoms with van der Waals surface area (Å²) in [6.45, 7) is 6.58. The van der Waals surface area contributed by atoms with Gasteiger partial charge in [0.05, 0.1) is 0 Å². The summed E-state index contributed by atoms with van der Waals surface area (Å²) in [5.41, 5.74) is 0. The van der Waals surface area contributed by atoms with Crippen molar-refractivity contribution < 1.29 is 18.7 Å². The van der Waals surface area contributed by atoms with Crippen molar-refractivity contribution >= 4 is 5.78 Å². The molecular formula is C17H24FNO3. The Morgan fingerprint density at radius 2 is 2.00 bits per heavy atom. The standard InChI is InChI=1S/C17H24FNO3/c1-4-19-13-7-16(8-13)22-15-6-12(18)5-14(9-15)21-10-17(20)11(2)3/h5-6,9,11,13,16,19H,4,7-8,10H2,1-3H3. The predicted octanol–water partition coefficient (Wildman–Crippen LogP) is 2.95. The first-order valence-electron chi connectivity index (χ1n) is 7.84. The summed E-state index contributed by atoms with van der Waals surface area (Å²) in [7, 11) is 0.